The third-order valence-corrected chi connectivity index (χ3v) is 1.01. The van der Waals surface area contributed by atoms with E-state index in [9.17, 15) is 4.79 Å². The van der Waals surface area contributed by atoms with Crippen LogP contribution in [0.3, 0.4) is 0 Å². The highest BCUT2D eigenvalue weighted by Crippen LogP contribution is 1.98. The number of nitrogens with one attached hydrogen (secondary N) is 1. The predicted octanol–water partition coefficient (Wildman–Crippen LogP) is 1.03. The number of halogens is 1. The molecule has 0 aliphatic rings. The average molecular weight is 259 g/mol. The maximum atomic E-state index is 10.5. The first-order valence-electron chi connectivity index (χ1n) is 2.49. The lowest BCUT2D eigenvalue weighted by molar-refractivity contribution is 0.159. The van der Waals surface area contributed by atoms with Gasteiger partial charge in [0.2, 0.25) is 0 Å². The summed E-state index contributed by atoms with van der Waals surface area (Å²) in [5, 5.41) is 2.53. The van der Waals surface area contributed by atoms with Gasteiger partial charge in [-0.2, -0.15) is 0 Å². The Morgan fingerprint density at radius 3 is 2.89 bits per heavy atom. The van der Waals surface area contributed by atoms with Crippen molar-refractivity contribution < 1.29 is 9.53 Å². The van der Waals surface area contributed by atoms with Crippen LogP contribution in [0.15, 0.2) is 0 Å². The van der Waals surface area contributed by atoms with E-state index in [1.54, 1.807) is 6.92 Å². The highest BCUT2D eigenvalue weighted by atomic mass is 127. The topological polar surface area (TPSA) is 38.3 Å². The number of amides is 1. The van der Waals surface area contributed by atoms with Gasteiger partial charge in [0.25, 0.3) is 0 Å². The van der Waals surface area contributed by atoms with Gasteiger partial charge in [0.05, 0.1) is 6.61 Å². The number of carbonyl (C=O) groups excluding carboxylic acids is 1. The Morgan fingerprint density at radius 1 is 2.00 bits per heavy atom. The number of hydrogen-bond donors (Lipinski definition) is 1. The van der Waals surface area contributed by atoms with Crippen LogP contribution in [0.2, 0.25) is 0 Å². The highest BCUT2D eigenvalue weighted by Gasteiger charge is 2.06. The second kappa shape index (κ2) is 5.29. The highest BCUT2D eigenvalue weighted by molar-refractivity contribution is 14.1. The SMILES string of the molecule is CCOC(=O)NB(P)I. The van der Waals surface area contributed by atoms with Crippen molar-refractivity contribution in [1.29, 1.82) is 0 Å². The first kappa shape index (κ1) is 9.49. The first-order valence-corrected chi connectivity index (χ1v) is 4.41. The molecule has 0 spiro atoms. The van der Waals surface area contributed by atoms with E-state index < -0.39 is 0 Å². The van der Waals surface area contributed by atoms with Crippen LogP contribution in [-0.2, 0) is 4.74 Å². The van der Waals surface area contributed by atoms with Gasteiger partial charge in [-0.1, -0.05) is 0 Å². The van der Waals surface area contributed by atoms with Gasteiger partial charge in [-0.15, -0.1) is 31.5 Å². The Kier molecular flexibility index (Phi) is 5.58. The molecular weight excluding hydrogens is 251 g/mol. The van der Waals surface area contributed by atoms with Crippen molar-refractivity contribution in [2.24, 2.45) is 0 Å². The second-order valence-corrected chi connectivity index (χ2v) is 4.63. The van der Waals surface area contributed by atoms with E-state index in [0.29, 0.717) is 6.61 Å². The Morgan fingerprint density at radius 2 is 2.56 bits per heavy atom. The molecule has 0 aromatic rings. The van der Waals surface area contributed by atoms with Crippen molar-refractivity contribution in [2.45, 2.75) is 6.92 Å². The molecule has 0 fully saturated rings. The molecule has 1 amide bonds. The summed E-state index contributed by atoms with van der Waals surface area (Å²) in [4.78, 5) is 10.5. The minimum atomic E-state index is -0.369. The van der Waals surface area contributed by atoms with Gasteiger partial charge in [-0.25, -0.2) is 4.79 Å². The van der Waals surface area contributed by atoms with Crippen molar-refractivity contribution >= 4 is 42.0 Å². The fourth-order valence-electron chi connectivity index (χ4n) is 0.285. The molecule has 0 rings (SSSR count). The fraction of sp³-hybridized carbons (Fsp3) is 0.667. The van der Waals surface area contributed by atoms with E-state index in [2.05, 4.69) is 19.1 Å². The quantitative estimate of drug-likeness (QED) is 0.456. The van der Waals surface area contributed by atoms with Crippen LogP contribution in [0.4, 0.5) is 4.79 Å². The zero-order valence-electron chi connectivity index (χ0n) is 5.06. The number of hydrogen-bond acceptors (Lipinski definition) is 2. The Hall–Kier alpha value is 0.495. The molecule has 0 saturated heterocycles. The maximum Gasteiger partial charge on any atom is 0.395 e. The summed E-state index contributed by atoms with van der Waals surface area (Å²) in [5.41, 5.74) is 0. The maximum absolute atomic E-state index is 10.5. The van der Waals surface area contributed by atoms with Crippen molar-refractivity contribution in [3.63, 3.8) is 0 Å². The molecule has 0 aromatic carbocycles. The summed E-state index contributed by atoms with van der Waals surface area (Å²) in [6.07, 6.45) is -0.369. The lowest BCUT2D eigenvalue weighted by Gasteiger charge is -2.02. The molecule has 3 nitrogen and oxygen atoms in total. The molecule has 1 N–H and O–H groups in total. The van der Waals surface area contributed by atoms with E-state index in [4.69, 9.17) is 0 Å². The van der Waals surface area contributed by atoms with Crippen LogP contribution in [0.25, 0.3) is 0 Å². The molecule has 1 unspecified atom stereocenters. The molecule has 52 valence electrons. The monoisotopic (exact) mass is 259 g/mol. The number of rotatable bonds is 2. The minimum absolute atomic E-state index is 0.0432. The average Bonchev–Trinajstić information content (AvgIpc) is 1.63. The largest absolute Gasteiger partial charge is 0.451 e. The molecule has 1 atom stereocenters. The molecular formula is C3H8BINO2P. The van der Waals surface area contributed by atoms with Gasteiger partial charge < -0.3 is 9.96 Å². The van der Waals surface area contributed by atoms with Crippen LogP contribution in [0.5, 0.6) is 0 Å². The Labute approximate surface area is 70.4 Å². The first-order chi connectivity index (χ1) is 4.16. The zero-order chi connectivity index (χ0) is 7.28. The van der Waals surface area contributed by atoms with Gasteiger partial charge >= 0.3 is 10.5 Å². The smallest absolute Gasteiger partial charge is 0.395 e. The van der Waals surface area contributed by atoms with Gasteiger partial charge in [-0.05, 0) is 6.92 Å². The lowest BCUT2D eigenvalue weighted by atomic mass is 10.4. The van der Waals surface area contributed by atoms with E-state index in [1.807, 2.05) is 22.4 Å². The van der Waals surface area contributed by atoms with Gasteiger partial charge in [0.15, 0.2) is 0 Å². The molecule has 0 heterocycles. The summed E-state index contributed by atoms with van der Waals surface area (Å²) >= 11 is 2.05. The summed E-state index contributed by atoms with van der Waals surface area (Å²) in [5.74, 6) is 0. The van der Waals surface area contributed by atoms with Crippen molar-refractivity contribution in [1.82, 2.24) is 5.23 Å². The molecule has 0 radical (unpaired) electrons. The van der Waals surface area contributed by atoms with E-state index in [0.717, 1.165) is 0 Å². The van der Waals surface area contributed by atoms with Crippen molar-refractivity contribution in [3.05, 3.63) is 0 Å². The third kappa shape index (κ3) is 6.38. The van der Waals surface area contributed by atoms with Crippen LogP contribution in [0, 0.1) is 0 Å². The van der Waals surface area contributed by atoms with Crippen LogP contribution < -0.4 is 5.23 Å². The van der Waals surface area contributed by atoms with E-state index in [1.165, 1.54) is 0 Å². The molecule has 0 bridgehead atoms. The van der Waals surface area contributed by atoms with E-state index in [-0.39, 0.29) is 10.5 Å². The van der Waals surface area contributed by atoms with Gasteiger partial charge in [0, 0.05) is 0 Å². The molecule has 0 aromatic heterocycles. The fourth-order valence-corrected chi connectivity index (χ4v) is 0.676. The number of carbonyl (C=O) groups is 1. The lowest BCUT2D eigenvalue weighted by Crippen LogP contribution is -2.30. The standard InChI is InChI=1S/C3H8BINO2P/c1-2-8-3(7)6-4(5)9/h2,9H2,1H3,(H,6,7). The van der Waals surface area contributed by atoms with Crippen LogP contribution in [-0.4, -0.2) is 17.1 Å². The van der Waals surface area contributed by atoms with Crippen molar-refractivity contribution in [3.8, 4) is 0 Å². The van der Waals surface area contributed by atoms with Gasteiger partial charge in [0.1, 0.15) is 0 Å². The second-order valence-electron chi connectivity index (χ2n) is 1.27. The molecule has 0 saturated carbocycles. The summed E-state index contributed by atoms with van der Waals surface area (Å²) in [7, 11) is 2.43. The van der Waals surface area contributed by atoms with Crippen molar-refractivity contribution in [2.75, 3.05) is 6.61 Å². The molecule has 6 heteroatoms. The Bertz CT molecular complexity index is 102. The molecule has 0 aliphatic heterocycles. The zero-order valence-corrected chi connectivity index (χ0v) is 8.37. The van der Waals surface area contributed by atoms with Crippen LogP contribution in [0.1, 0.15) is 6.92 Å². The summed E-state index contributed by atoms with van der Waals surface area (Å²) < 4.78 is 4.63. The molecule has 0 aliphatic carbocycles. The predicted molar refractivity (Wildman–Crippen MR) is 49.6 cm³/mol. The normalized spacial score (nSPS) is 8.33. The minimum Gasteiger partial charge on any atom is -0.451 e. The Balaban J connectivity index is 3.27. The van der Waals surface area contributed by atoms with E-state index >= 15 is 0 Å². The summed E-state index contributed by atoms with van der Waals surface area (Å²) in [6, 6.07) is 0. The van der Waals surface area contributed by atoms with Crippen LogP contribution >= 0.6 is 31.5 Å². The van der Waals surface area contributed by atoms with Gasteiger partial charge in [-0.3, -0.25) is 0 Å². The third-order valence-electron chi connectivity index (χ3n) is 0.531. The summed E-state index contributed by atoms with van der Waals surface area (Å²) in [6.45, 7) is 2.18. The molecule has 9 heavy (non-hydrogen) atoms. The number of ether oxygens (including phenoxy) is 1.